The molecule has 0 fully saturated rings. The van der Waals surface area contributed by atoms with Gasteiger partial charge < -0.3 is 10.6 Å². The van der Waals surface area contributed by atoms with E-state index in [1.807, 2.05) is 23.1 Å². The van der Waals surface area contributed by atoms with E-state index >= 15 is 0 Å². The summed E-state index contributed by atoms with van der Waals surface area (Å²) in [7, 11) is 0. The van der Waals surface area contributed by atoms with Gasteiger partial charge in [0.2, 0.25) is 0 Å². The highest BCUT2D eigenvalue weighted by Crippen LogP contribution is 2.38. The van der Waals surface area contributed by atoms with Gasteiger partial charge in [-0.05, 0) is 41.5 Å². The predicted octanol–water partition coefficient (Wildman–Crippen LogP) is 4.57. The highest BCUT2D eigenvalue weighted by molar-refractivity contribution is 9.10. The highest BCUT2D eigenvalue weighted by Gasteiger charge is 2.34. The van der Waals surface area contributed by atoms with Crippen LogP contribution in [-0.2, 0) is 19.3 Å². The van der Waals surface area contributed by atoms with Crippen molar-refractivity contribution in [1.29, 1.82) is 0 Å². The third kappa shape index (κ3) is 2.72. The molecule has 0 aliphatic carbocycles. The number of nitrogens with two attached hydrogens (primary N) is 1. The summed E-state index contributed by atoms with van der Waals surface area (Å²) < 4.78 is 39.0. The molecular weight excluding hydrogens is 345 g/mol. The lowest BCUT2D eigenvalue weighted by Crippen LogP contribution is -2.16. The molecule has 6 heteroatoms. The van der Waals surface area contributed by atoms with Crippen LogP contribution in [0.25, 0.3) is 0 Å². The Bertz CT molecular complexity index is 698. The van der Waals surface area contributed by atoms with Crippen molar-refractivity contribution in [3.8, 4) is 0 Å². The van der Waals surface area contributed by atoms with Gasteiger partial charge in [-0.15, -0.1) is 0 Å². The molecule has 110 valence electrons. The fourth-order valence-electron chi connectivity index (χ4n) is 2.52. The topological polar surface area (TPSA) is 29.3 Å². The van der Waals surface area contributed by atoms with Gasteiger partial charge in [0, 0.05) is 28.9 Å². The smallest absolute Gasteiger partial charge is 0.399 e. The van der Waals surface area contributed by atoms with Crippen LogP contribution in [0.5, 0.6) is 0 Å². The van der Waals surface area contributed by atoms with E-state index in [0.717, 1.165) is 11.1 Å². The molecule has 0 bridgehead atoms. The molecule has 0 aromatic heterocycles. The first kappa shape index (κ1) is 14.3. The van der Waals surface area contributed by atoms with Crippen LogP contribution in [-0.4, -0.2) is 0 Å². The molecule has 2 N–H and O–H groups in total. The lowest BCUT2D eigenvalue weighted by atomic mass is 10.1. The number of halogens is 4. The van der Waals surface area contributed by atoms with Crippen molar-refractivity contribution in [2.24, 2.45) is 0 Å². The number of anilines is 2. The first-order valence-electron chi connectivity index (χ1n) is 6.33. The molecule has 0 spiro atoms. The second kappa shape index (κ2) is 4.94. The number of fused-ring (bicyclic) bond motifs is 1. The summed E-state index contributed by atoms with van der Waals surface area (Å²) in [5, 5.41) is 0. The molecule has 2 aromatic carbocycles. The van der Waals surface area contributed by atoms with E-state index in [9.17, 15) is 13.2 Å². The standard InChI is InChI=1S/C15H12BrF3N2/c16-14-4-3-12(6-13(14)15(17,18)19)21-7-9-1-2-11(20)5-10(9)8-21/h1-6H,7-8,20H2. The van der Waals surface area contributed by atoms with Crippen LogP contribution >= 0.6 is 15.9 Å². The van der Waals surface area contributed by atoms with Crippen LogP contribution in [0.15, 0.2) is 40.9 Å². The fraction of sp³-hybridized carbons (Fsp3) is 0.200. The average molecular weight is 357 g/mol. The van der Waals surface area contributed by atoms with E-state index < -0.39 is 11.7 Å². The quantitative estimate of drug-likeness (QED) is 0.758. The van der Waals surface area contributed by atoms with E-state index in [4.69, 9.17) is 5.73 Å². The summed E-state index contributed by atoms with van der Waals surface area (Å²) in [6.45, 7) is 1.16. The SMILES string of the molecule is Nc1ccc2c(c1)CN(c1ccc(Br)c(C(F)(F)F)c1)C2. The summed E-state index contributed by atoms with van der Waals surface area (Å²) in [6.07, 6.45) is -4.37. The number of hydrogen-bond acceptors (Lipinski definition) is 2. The maximum atomic E-state index is 13.0. The number of benzene rings is 2. The Morgan fingerprint density at radius 3 is 2.43 bits per heavy atom. The van der Waals surface area contributed by atoms with E-state index in [2.05, 4.69) is 15.9 Å². The second-order valence-corrected chi connectivity index (χ2v) is 5.90. The molecule has 0 amide bonds. The maximum absolute atomic E-state index is 13.0. The molecule has 1 heterocycles. The molecule has 0 unspecified atom stereocenters. The van der Waals surface area contributed by atoms with Gasteiger partial charge in [0.25, 0.3) is 0 Å². The molecule has 0 saturated carbocycles. The summed E-state index contributed by atoms with van der Waals surface area (Å²) >= 11 is 2.96. The van der Waals surface area contributed by atoms with Gasteiger partial charge in [0.1, 0.15) is 0 Å². The number of rotatable bonds is 1. The van der Waals surface area contributed by atoms with Gasteiger partial charge in [-0.25, -0.2) is 0 Å². The molecule has 0 radical (unpaired) electrons. The van der Waals surface area contributed by atoms with Crippen LogP contribution in [0.1, 0.15) is 16.7 Å². The molecule has 2 nitrogen and oxygen atoms in total. The van der Waals surface area contributed by atoms with E-state index in [-0.39, 0.29) is 4.47 Å². The molecule has 1 aliphatic rings. The zero-order valence-electron chi connectivity index (χ0n) is 10.9. The maximum Gasteiger partial charge on any atom is 0.417 e. The van der Waals surface area contributed by atoms with Crippen LogP contribution in [0.4, 0.5) is 24.5 Å². The summed E-state index contributed by atoms with van der Waals surface area (Å²) in [5.41, 5.74) is 8.47. The number of alkyl halides is 3. The third-order valence-corrected chi connectivity index (χ3v) is 4.26. The minimum Gasteiger partial charge on any atom is -0.399 e. The summed E-state index contributed by atoms with van der Waals surface area (Å²) in [6, 6.07) is 9.92. The lowest BCUT2D eigenvalue weighted by Gasteiger charge is -2.20. The minimum absolute atomic E-state index is 0.0553. The van der Waals surface area contributed by atoms with Crippen molar-refractivity contribution in [3.05, 3.63) is 57.6 Å². The van der Waals surface area contributed by atoms with Crippen LogP contribution < -0.4 is 10.6 Å². The lowest BCUT2D eigenvalue weighted by molar-refractivity contribution is -0.138. The zero-order valence-corrected chi connectivity index (χ0v) is 12.5. The number of nitrogen functional groups attached to an aromatic ring is 1. The van der Waals surface area contributed by atoms with Crippen molar-refractivity contribution in [2.45, 2.75) is 19.3 Å². The van der Waals surface area contributed by atoms with E-state index in [1.165, 1.54) is 12.1 Å². The molecule has 21 heavy (non-hydrogen) atoms. The molecule has 3 rings (SSSR count). The summed E-state index contributed by atoms with van der Waals surface area (Å²) in [5.74, 6) is 0. The molecule has 0 atom stereocenters. The van der Waals surface area contributed by atoms with E-state index in [1.54, 1.807) is 6.07 Å². The Morgan fingerprint density at radius 2 is 1.71 bits per heavy atom. The Balaban J connectivity index is 1.93. The van der Waals surface area contributed by atoms with Crippen molar-refractivity contribution >= 4 is 27.3 Å². The summed E-state index contributed by atoms with van der Waals surface area (Å²) in [4.78, 5) is 1.91. The van der Waals surface area contributed by atoms with Crippen LogP contribution in [0, 0.1) is 0 Å². The van der Waals surface area contributed by atoms with Gasteiger partial charge >= 0.3 is 6.18 Å². The third-order valence-electron chi connectivity index (χ3n) is 3.57. The van der Waals surface area contributed by atoms with Crippen molar-refractivity contribution in [2.75, 3.05) is 10.6 Å². The van der Waals surface area contributed by atoms with Crippen LogP contribution in [0.2, 0.25) is 0 Å². The van der Waals surface area contributed by atoms with Crippen molar-refractivity contribution < 1.29 is 13.2 Å². The van der Waals surface area contributed by atoms with E-state index in [0.29, 0.717) is 24.5 Å². The molecule has 2 aromatic rings. The zero-order chi connectivity index (χ0) is 15.2. The Morgan fingerprint density at radius 1 is 1.00 bits per heavy atom. The molecule has 1 aliphatic heterocycles. The first-order chi connectivity index (χ1) is 9.84. The van der Waals surface area contributed by atoms with Gasteiger partial charge in [-0.3, -0.25) is 0 Å². The highest BCUT2D eigenvalue weighted by atomic mass is 79.9. The Hall–Kier alpha value is -1.69. The Labute approximate surface area is 128 Å². The monoisotopic (exact) mass is 356 g/mol. The van der Waals surface area contributed by atoms with Crippen molar-refractivity contribution in [3.63, 3.8) is 0 Å². The normalized spacial score (nSPS) is 14.4. The number of hydrogen-bond donors (Lipinski definition) is 1. The van der Waals surface area contributed by atoms with Crippen LogP contribution in [0.3, 0.4) is 0 Å². The van der Waals surface area contributed by atoms with Gasteiger partial charge in [0.15, 0.2) is 0 Å². The Kier molecular flexibility index (Phi) is 3.36. The largest absolute Gasteiger partial charge is 0.417 e. The molecular formula is C15H12BrF3N2. The fourth-order valence-corrected chi connectivity index (χ4v) is 3.00. The molecule has 0 saturated heterocycles. The first-order valence-corrected chi connectivity index (χ1v) is 7.13. The average Bonchev–Trinajstić information content (AvgIpc) is 2.80. The second-order valence-electron chi connectivity index (χ2n) is 5.05. The minimum atomic E-state index is -4.37. The number of nitrogens with zero attached hydrogens (tertiary/aromatic N) is 1. The van der Waals surface area contributed by atoms with Gasteiger partial charge in [-0.2, -0.15) is 13.2 Å². The van der Waals surface area contributed by atoms with Gasteiger partial charge in [0.05, 0.1) is 5.56 Å². The predicted molar refractivity (Wildman–Crippen MR) is 79.9 cm³/mol. The van der Waals surface area contributed by atoms with Gasteiger partial charge in [-0.1, -0.05) is 22.0 Å². The van der Waals surface area contributed by atoms with Crippen molar-refractivity contribution in [1.82, 2.24) is 0 Å².